The molecule has 0 aromatic carbocycles. The molecule has 1 aromatic heterocycles. The Labute approximate surface area is 112 Å². The molecule has 1 heterocycles. The van der Waals surface area contributed by atoms with Crippen LogP contribution in [0.1, 0.15) is 35.8 Å². The fourth-order valence-electron chi connectivity index (χ4n) is 2.14. The van der Waals surface area contributed by atoms with Crippen LogP contribution in [0.15, 0.2) is 12.5 Å². The van der Waals surface area contributed by atoms with Gasteiger partial charge in [-0.2, -0.15) is 0 Å². The molecule has 0 atom stereocenters. The van der Waals surface area contributed by atoms with Gasteiger partial charge in [0.15, 0.2) is 0 Å². The van der Waals surface area contributed by atoms with Crippen LogP contribution in [0.2, 0.25) is 0 Å². The maximum Gasteiger partial charge on any atom is 0.339 e. The van der Waals surface area contributed by atoms with E-state index in [1.165, 1.54) is 25.4 Å². The van der Waals surface area contributed by atoms with E-state index in [0.717, 1.165) is 25.7 Å². The van der Waals surface area contributed by atoms with E-state index in [9.17, 15) is 4.79 Å². The van der Waals surface area contributed by atoms with Gasteiger partial charge in [0.1, 0.15) is 11.9 Å². The molecule has 6 heteroatoms. The summed E-state index contributed by atoms with van der Waals surface area (Å²) in [5.74, 6) is -0.981. The van der Waals surface area contributed by atoms with E-state index in [2.05, 4.69) is 27.1 Å². The molecule has 1 aromatic rings. The Kier molecular flexibility index (Phi) is 4.81. The second-order valence-corrected chi connectivity index (χ2v) is 4.72. The summed E-state index contributed by atoms with van der Waals surface area (Å²) >= 11 is 0. The number of likely N-dealkylation sites (N-methyl/N-ethyl adjacent to an activating group) is 1. The predicted octanol–water partition coefficient (Wildman–Crippen LogP) is 0.749. The van der Waals surface area contributed by atoms with Crippen molar-refractivity contribution in [2.75, 3.05) is 19.6 Å². The number of aromatic carboxylic acids is 1. The van der Waals surface area contributed by atoms with Crippen molar-refractivity contribution in [1.29, 1.82) is 0 Å². The number of nitrogens with one attached hydrogen (secondary N) is 1. The molecule has 0 saturated heterocycles. The minimum absolute atomic E-state index is 0.171. The lowest BCUT2D eigenvalue weighted by Crippen LogP contribution is -2.33. The summed E-state index contributed by atoms with van der Waals surface area (Å²) in [7, 11) is 0. The number of nitrogens with zero attached hydrogens (tertiary/aromatic N) is 3. The van der Waals surface area contributed by atoms with Crippen LogP contribution in [0.25, 0.3) is 0 Å². The van der Waals surface area contributed by atoms with Crippen molar-refractivity contribution >= 4 is 5.97 Å². The number of hydrogen-bond acceptors (Lipinski definition) is 5. The lowest BCUT2D eigenvalue weighted by molar-refractivity contribution is 0.0694. The molecule has 2 rings (SSSR count). The fraction of sp³-hybridized carbons (Fsp3) is 0.615. The molecule has 1 aliphatic carbocycles. The van der Waals surface area contributed by atoms with E-state index >= 15 is 0 Å². The van der Waals surface area contributed by atoms with Gasteiger partial charge in [-0.25, -0.2) is 14.8 Å². The Morgan fingerprint density at radius 3 is 3.00 bits per heavy atom. The van der Waals surface area contributed by atoms with Crippen molar-refractivity contribution < 1.29 is 9.90 Å². The average molecular weight is 264 g/mol. The van der Waals surface area contributed by atoms with Gasteiger partial charge in [-0.05, 0) is 19.4 Å². The van der Waals surface area contributed by atoms with Crippen molar-refractivity contribution in [1.82, 2.24) is 20.2 Å². The molecule has 0 spiro atoms. The van der Waals surface area contributed by atoms with Crippen molar-refractivity contribution in [3.8, 4) is 0 Å². The molecule has 19 heavy (non-hydrogen) atoms. The fourth-order valence-corrected chi connectivity index (χ4v) is 2.14. The van der Waals surface area contributed by atoms with Gasteiger partial charge in [0, 0.05) is 31.9 Å². The average Bonchev–Trinajstić information content (AvgIpc) is 3.23. The van der Waals surface area contributed by atoms with Crippen LogP contribution in [0.4, 0.5) is 0 Å². The normalized spacial score (nSPS) is 14.8. The van der Waals surface area contributed by atoms with Crippen molar-refractivity contribution in [3.63, 3.8) is 0 Å². The van der Waals surface area contributed by atoms with Gasteiger partial charge in [0.2, 0.25) is 0 Å². The van der Waals surface area contributed by atoms with Crippen LogP contribution < -0.4 is 5.32 Å². The molecule has 1 saturated carbocycles. The smallest absolute Gasteiger partial charge is 0.339 e. The second-order valence-electron chi connectivity index (χ2n) is 4.72. The van der Waals surface area contributed by atoms with Crippen molar-refractivity contribution in [2.24, 2.45) is 0 Å². The number of carboxylic acids is 1. The first-order chi connectivity index (χ1) is 9.22. The lowest BCUT2D eigenvalue weighted by atomic mass is 10.2. The van der Waals surface area contributed by atoms with Gasteiger partial charge >= 0.3 is 5.97 Å². The Balaban J connectivity index is 1.77. The zero-order valence-electron chi connectivity index (χ0n) is 11.2. The quantitative estimate of drug-likeness (QED) is 0.675. The van der Waals surface area contributed by atoms with Gasteiger partial charge in [-0.3, -0.25) is 4.90 Å². The summed E-state index contributed by atoms with van der Waals surface area (Å²) in [6.45, 7) is 5.54. The number of carboxylic acid groups (broad SMARTS) is 1. The van der Waals surface area contributed by atoms with Gasteiger partial charge in [-0.1, -0.05) is 6.92 Å². The maximum atomic E-state index is 11.0. The minimum atomic E-state index is -0.981. The maximum absolute atomic E-state index is 11.0. The molecular formula is C13H20N4O2. The molecule has 1 aliphatic rings. The third-order valence-electron chi connectivity index (χ3n) is 3.36. The van der Waals surface area contributed by atoms with E-state index < -0.39 is 5.97 Å². The lowest BCUT2D eigenvalue weighted by Gasteiger charge is -2.19. The Morgan fingerprint density at radius 1 is 1.58 bits per heavy atom. The molecular weight excluding hydrogens is 244 g/mol. The van der Waals surface area contributed by atoms with E-state index in [0.29, 0.717) is 12.2 Å². The molecule has 0 unspecified atom stereocenters. The van der Waals surface area contributed by atoms with E-state index in [-0.39, 0.29) is 5.56 Å². The Morgan fingerprint density at radius 2 is 2.37 bits per heavy atom. The summed E-state index contributed by atoms with van der Waals surface area (Å²) < 4.78 is 0. The molecule has 0 aliphatic heterocycles. The highest BCUT2D eigenvalue weighted by molar-refractivity contribution is 5.88. The summed E-state index contributed by atoms with van der Waals surface area (Å²) in [6.07, 6.45) is 5.34. The molecule has 0 radical (unpaired) electrons. The topological polar surface area (TPSA) is 78.3 Å². The zero-order valence-corrected chi connectivity index (χ0v) is 11.2. The van der Waals surface area contributed by atoms with E-state index in [4.69, 9.17) is 5.11 Å². The van der Waals surface area contributed by atoms with Crippen LogP contribution in [-0.2, 0) is 6.54 Å². The summed E-state index contributed by atoms with van der Waals surface area (Å²) in [5, 5.41) is 12.3. The Bertz CT molecular complexity index is 434. The molecule has 2 N–H and O–H groups in total. The minimum Gasteiger partial charge on any atom is -0.478 e. The highest BCUT2D eigenvalue weighted by Crippen LogP contribution is 2.25. The molecule has 1 fully saturated rings. The highest BCUT2D eigenvalue weighted by atomic mass is 16.4. The van der Waals surface area contributed by atoms with Gasteiger partial charge < -0.3 is 10.4 Å². The number of hydrogen-bond donors (Lipinski definition) is 2. The first kappa shape index (κ1) is 13.9. The van der Waals surface area contributed by atoms with Crippen LogP contribution >= 0.6 is 0 Å². The third-order valence-corrected chi connectivity index (χ3v) is 3.36. The first-order valence-corrected chi connectivity index (χ1v) is 6.69. The monoisotopic (exact) mass is 264 g/mol. The molecule has 0 amide bonds. The van der Waals surface area contributed by atoms with Crippen LogP contribution in [0, 0.1) is 0 Å². The summed E-state index contributed by atoms with van der Waals surface area (Å²) in [4.78, 5) is 21.2. The molecule has 0 bridgehead atoms. The van der Waals surface area contributed by atoms with Crippen LogP contribution in [0.5, 0.6) is 0 Å². The largest absolute Gasteiger partial charge is 0.478 e. The second kappa shape index (κ2) is 6.58. The van der Waals surface area contributed by atoms with Crippen LogP contribution in [-0.4, -0.2) is 51.6 Å². The SMILES string of the molecule is CCN(CCNCc1ncncc1C(=O)O)C1CC1. The van der Waals surface area contributed by atoms with Gasteiger partial charge in [-0.15, -0.1) is 0 Å². The molecule has 104 valence electrons. The highest BCUT2D eigenvalue weighted by Gasteiger charge is 2.27. The number of aromatic nitrogens is 2. The summed E-state index contributed by atoms with van der Waals surface area (Å²) in [6, 6.07) is 0.764. The first-order valence-electron chi connectivity index (χ1n) is 6.69. The van der Waals surface area contributed by atoms with E-state index in [1.807, 2.05) is 0 Å². The van der Waals surface area contributed by atoms with Gasteiger partial charge in [0.25, 0.3) is 0 Å². The predicted molar refractivity (Wildman–Crippen MR) is 71.0 cm³/mol. The van der Waals surface area contributed by atoms with Gasteiger partial charge in [0.05, 0.1) is 5.69 Å². The Hall–Kier alpha value is -1.53. The van der Waals surface area contributed by atoms with E-state index in [1.54, 1.807) is 0 Å². The molecule has 6 nitrogen and oxygen atoms in total. The van der Waals surface area contributed by atoms with Crippen molar-refractivity contribution in [2.45, 2.75) is 32.4 Å². The number of rotatable bonds is 8. The third kappa shape index (κ3) is 3.97. The number of carbonyl (C=O) groups is 1. The zero-order chi connectivity index (χ0) is 13.7. The standard InChI is InChI=1S/C13H20N4O2/c1-2-17(10-3-4-10)6-5-14-8-12-11(13(18)19)7-15-9-16-12/h7,9-10,14H,2-6,8H2,1H3,(H,18,19). The van der Waals surface area contributed by atoms with Crippen molar-refractivity contribution in [3.05, 3.63) is 23.8 Å². The summed E-state index contributed by atoms with van der Waals surface area (Å²) in [5.41, 5.74) is 0.710. The van der Waals surface area contributed by atoms with Crippen LogP contribution in [0.3, 0.4) is 0 Å².